The van der Waals surface area contributed by atoms with Gasteiger partial charge in [-0.05, 0) is 17.3 Å². The number of rotatable bonds is 7. The van der Waals surface area contributed by atoms with E-state index in [-0.39, 0.29) is 11.4 Å². The summed E-state index contributed by atoms with van der Waals surface area (Å²) < 4.78 is 36.5. The molecule has 0 aromatic carbocycles. The van der Waals surface area contributed by atoms with Crippen molar-refractivity contribution in [2.75, 3.05) is 17.3 Å². The van der Waals surface area contributed by atoms with E-state index in [1.165, 1.54) is 29.7 Å². The molecule has 1 saturated heterocycles. The topological polar surface area (TPSA) is 128 Å². The molecule has 15 heteroatoms. The first-order valence-corrected chi connectivity index (χ1v) is 10.6. The number of alkyl halides is 3. The van der Waals surface area contributed by atoms with Crippen LogP contribution >= 0.6 is 35.3 Å². The third-order valence-electron chi connectivity index (χ3n) is 3.72. The van der Waals surface area contributed by atoms with Gasteiger partial charge in [0, 0.05) is 11.5 Å². The van der Waals surface area contributed by atoms with Crippen LogP contribution in [0.1, 0.15) is 0 Å². The van der Waals surface area contributed by atoms with Gasteiger partial charge in [-0.25, -0.2) is 4.79 Å². The molecule has 0 saturated carbocycles. The molecule has 0 radical (unpaired) electrons. The number of halogens is 3. The quantitative estimate of drug-likeness (QED) is 0.406. The minimum atomic E-state index is -4.55. The van der Waals surface area contributed by atoms with Gasteiger partial charge >= 0.3 is 11.5 Å². The van der Waals surface area contributed by atoms with E-state index < -0.39 is 52.2 Å². The number of hydrogen-bond acceptors (Lipinski definition) is 8. The van der Waals surface area contributed by atoms with Gasteiger partial charge < -0.3 is 10.4 Å². The predicted molar refractivity (Wildman–Crippen MR) is 95.3 cm³/mol. The molecule has 2 amide bonds. The number of thioether (sulfide) groups is 3. The number of carboxylic acid groups (broad SMARTS) is 1. The van der Waals surface area contributed by atoms with Crippen LogP contribution < -0.4 is 5.32 Å². The highest BCUT2D eigenvalue weighted by molar-refractivity contribution is 8.01. The van der Waals surface area contributed by atoms with Crippen LogP contribution in [0.25, 0.3) is 0 Å². The predicted octanol–water partition coefficient (Wildman–Crippen LogP) is 0.888. The molecule has 28 heavy (non-hydrogen) atoms. The number of carbonyl (C=O) groups excluding carboxylic acids is 2. The first-order chi connectivity index (χ1) is 13.2. The maximum Gasteiger partial charge on any atom is 0.442 e. The summed E-state index contributed by atoms with van der Waals surface area (Å²) in [6, 6.07) is -1.05. The number of carbonyl (C=O) groups is 3. The van der Waals surface area contributed by atoms with E-state index in [4.69, 9.17) is 0 Å². The Labute approximate surface area is 168 Å². The lowest BCUT2D eigenvalue weighted by atomic mass is 10.0. The third kappa shape index (κ3) is 4.57. The highest BCUT2D eigenvalue weighted by Gasteiger charge is 2.54. The standard InChI is InChI=1S/C13H12F3N5O4S3/c14-13(15,16)28-4-6(22)18-8-10(23)21-9(12(24)25)5(3-27-11(8)21)2-26-7-1-17-20-19-7/h1,8,11H,2-4H2,(H,18,22)(H,24,25)(H,17,19,20)/t8?,11-/m0/s1. The number of aliphatic carboxylic acids is 1. The number of hydrogen-bond donors (Lipinski definition) is 3. The van der Waals surface area contributed by atoms with Gasteiger partial charge in [0.05, 0.1) is 11.9 Å². The molecule has 1 unspecified atom stereocenters. The van der Waals surface area contributed by atoms with Crippen LogP contribution in [0.3, 0.4) is 0 Å². The lowest BCUT2D eigenvalue weighted by Crippen LogP contribution is -2.70. The second kappa shape index (κ2) is 8.24. The summed E-state index contributed by atoms with van der Waals surface area (Å²) in [4.78, 5) is 36.8. The molecule has 2 atom stereocenters. The molecular weight excluding hydrogens is 443 g/mol. The van der Waals surface area contributed by atoms with E-state index in [0.29, 0.717) is 16.4 Å². The fraction of sp³-hybridized carbons (Fsp3) is 0.462. The summed E-state index contributed by atoms with van der Waals surface area (Å²) in [6.07, 6.45) is 1.48. The third-order valence-corrected chi connectivity index (χ3v) is 6.78. The molecule has 3 N–H and O–H groups in total. The summed E-state index contributed by atoms with van der Waals surface area (Å²) >= 11 is 1.98. The van der Waals surface area contributed by atoms with Crippen molar-refractivity contribution in [3.8, 4) is 0 Å². The van der Waals surface area contributed by atoms with Crippen LogP contribution in [0.15, 0.2) is 22.5 Å². The second-order valence-electron chi connectivity index (χ2n) is 5.54. The molecule has 152 valence electrons. The molecule has 2 aliphatic heterocycles. The first kappa shape index (κ1) is 20.9. The minimum Gasteiger partial charge on any atom is -0.477 e. The zero-order valence-electron chi connectivity index (χ0n) is 13.7. The molecule has 0 spiro atoms. The number of carboxylic acids is 1. The van der Waals surface area contributed by atoms with Crippen LogP contribution in [0.4, 0.5) is 13.2 Å². The summed E-state index contributed by atoms with van der Waals surface area (Å²) in [5.41, 5.74) is -4.21. The Kier molecular flexibility index (Phi) is 6.14. The second-order valence-corrected chi connectivity index (χ2v) is 8.68. The van der Waals surface area contributed by atoms with Crippen molar-refractivity contribution in [1.29, 1.82) is 0 Å². The SMILES string of the molecule is O=C(CSC(F)(F)F)NC1C(=O)N2C(C(=O)O)=C(CSc3cn[nH]n3)CS[C@@H]12. The normalized spacial score (nSPS) is 22.0. The Morgan fingerprint density at radius 3 is 2.82 bits per heavy atom. The van der Waals surface area contributed by atoms with Crippen LogP contribution in [0, 0.1) is 0 Å². The van der Waals surface area contributed by atoms with Gasteiger partial charge in [-0.3, -0.25) is 14.5 Å². The molecule has 1 aromatic rings. The van der Waals surface area contributed by atoms with Gasteiger partial charge in [-0.1, -0.05) is 11.8 Å². The van der Waals surface area contributed by atoms with Crippen LogP contribution in [0.5, 0.6) is 0 Å². The maximum atomic E-state index is 12.4. The molecular formula is C13H12F3N5O4S3. The van der Waals surface area contributed by atoms with E-state index in [9.17, 15) is 32.7 Å². The number of H-pyrrole nitrogens is 1. The van der Waals surface area contributed by atoms with Crippen LogP contribution in [0.2, 0.25) is 0 Å². The van der Waals surface area contributed by atoms with Gasteiger partial charge in [0.2, 0.25) is 5.91 Å². The summed E-state index contributed by atoms with van der Waals surface area (Å²) in [5.74, 6) is -3.18. The van der Waals surface area contributed by atoms with Crippen molar-refractivity contribution in [1.82, 2.24) is 25.6 Å². The van der Waals surface area contributed by atoms with Crippen molar-refractivity contribution in [3.63, 3.8) is 0 Å². The van der Waals surface area contributed by atoms with Crippen molar-refractivity contribution < 1.29 is 32.7 Å². The Bertz CT molecular complexity index is 817. The number of aromatic amines is 1. The fourth-order valence-electron chi connectivity index (χ4n) is 2.58. The molecule has 9 nitrogen and oxygen atoms in total. The van der Waals surface area contributed by atoms with E-state index in [1.54, 1.807) is 0 Å². The molecule has 3 rings (SSSR count). The van der Waals surface area contributed by atoms with Crippen LogP contribution in [-0.4, -0.2) is 77.4 Å². The number of fused-ring (bicyclic) bond motifs is 1. The molecule has 0 aliphatic carbocycles. The highest BCUT2D eigenvalue weighted by Crippen LogP contribution is 2.41. The average molecular weight is 455 g/mol. The summed E-state index contributed by atoms with van der Waals surface area (Å²) in [6.45, 7) is 0. The monoisotopic (exact) mass is 455 g/mol. The Morgan fingerprint density at radius 1 is 1.46 bits per heavy atom. The maximum absolute atomic E-state index is 12.4. The van der Waals surface area contributed by atoms with Crippen molar-refractivity contribution in [2.24, 2.45) is 0 Å². The zero-order chi connectivity index (χ0) is 20.5. The van der Waals surface area contributed by atoms with Gasteiger partial charge in [0.1, 0.15) is 22.1 Å². The van der Waals surface area contributed by atoms with Gasteiger partial charge in [-0.15, -0.1) is 16.9 Å². The minimum absolute atomic E-state index is 0.167. The molecule has 1 aromatic heterocycles. The smallest absolute Gasteiger partial charge is 0.442 e. The van der Waals surface area contributed by atoms with E-state index in [2.05, 4.69) is 20.7 Å². The summed E-state index contributed by atoms with van der Waals surface area (Å²) in [5, 5.41) is 21.6. The molecule has 2 aliphatic rings. The summed E-state index contributed by atoms with van der Waals surface area (Å²) in [7, 11) is 0. The Morgan fingerprint density at radius 2 is 2.21 bits per heavy atom. The van der Waals surface area contributed by atoms with Crippen LogP contribution in [-0.2, 0) is 14.4 Å². The Balaban J connectivity index is 1.65. The number of nitrogens with one attached hydrogen (secondary N) is 2. The highest BCUT2D eigenvalue weighted by atomic mass is 32.2. The lowest BCUT2D eigenvalue weighted by molar-refractivity contribution is -0.150. The van der Waals surface area contributed by atoms with Gasteiger partial charge in [-0.2, -0.15) is 23.5 Å². The van der Waals surface area contributed by atoms with Crippen molar-refractivity contribution in [2.45, 2.75) is 22.0 Å². The number of nitrogens with zero attached hydrogens (tertiary/aromatic N) is 3. The van der Waals surface area contributed by atoms with Gasteiger partial charge in [0.15, 0.2) is 0 Å². The fourth-order valence-corrected chi connectivity index (χ4v) is 5.23. The van der Waals surface area contributed by atoms with E-state index in [0.717, 1.165) is 4.90 Å². The van der Waals surface area contributed by atoms with E-state index in [1.807, 2.05) is 0 Å². The molecule has 0 bridgehead atoms. The van der Waals surface area contributed by atoms with Crippen molar-refractivity contribution >= 4 is 53.1 Å². The molecule has 1 fully saturated rings. The van der Waals surface area contributed by atoms with E-state index >= 15 is 0 Å². The van der Waals surface area contributed by atoms with Crippen molar-refractivity contribution in [3.05, 3.63) is 17.5 Å². The number of amides is 2. The number of aromatic nitrogens is 3. The molecule has 3 heterocycles. The first-order valence-electron chi connectivity index (χ1n) is 7.56. The zero-order valence-corrected chi connectivity index (χ0v) is 16.2. The Hall–Kier alpha value is -1.87. The van der Waals surface area contributed by atoms with Gasteiger partial charge in [0.25, 0.3) is 5.91 Å². The lowest BCUT2D eigenvalue weighted by Gasteiger charge is -2.49. The number of β-lactam (4-membered cyclic amide) rings is 1. The average Bonchev–Trinajstić information content (AvgIpc) is 3.14. The largest absolute Gasteiger partial charge is 0.477 e.